The van der Waals surface area contributed by atoms with Crippen LogP contribution in [-0.4, -0.2) is 46.5 Å². The molecule has 4 rings (SSSR count). The molecule has 1 atom stereocenters. The third-order valence-corrected chi connectivity index (χ3v) is 5.78. The maximum absolute atomic E-state index is 14.6. The van der Waals surface area contributed by atoms with E-state index in [1.54, 1.807) is 55.7 Å². The number of aromatic nitrogens is 3. The van der Waals surface area contributed by atoms with Crippen molar-refractivity contribution in [3.63, 3.8) is 0 Å². The summed E-state index contributed by atoms with van der Waals surface area (Å²) in [7, 11) is 3.00. The zero-order valence-corrected chi connectivity index (χ0v) is 20.7. The Hall–Kier alpha value is -4.57. The minimum Gasteiger partial charge on any atom is -0.497 e. The molecule has 8 nitrogen and oxygen atoms in total. The summed E-state index contributed by atoms with van der Waals surface area (Å²) >= 11 is 0. The number of carbonyl (C=O) groups is 1. The molecule has 0 aliphatic heterocycles. The standard InChI is InChI=1S/C28H25F2N3O5/c1-36-22-8-5-20(6-9-22)25(34)11-3-19-4-12-26(27(13-19)37-2)38-16-28(35,15-33-18-31-17-32-33)23-10-7-21(29)14-24(23)30/h3-14,17-18,35H,15-16H2,1-2H3. The van der Waals surface area contributed by atoms with Gasteiger partial charge in [0.25, 0.3) is 0 Å². The minimum atomic E-state index is -1.92. The predicted molar refractivity (Wildman–Crippen MR) is 135 cm³/mol. The number of aliphatic hydroxyl groups is 1. The van der Waals surface area contributed by atoms with Crippen molar-refractivity contribution < 1.29 is 32.9 Å². The average Bonchev–Trinajstić information content (AvgIpc) is 3.43. The molecule has 0 aliphatic rings. The van der Waals surface area contributed by atoms with Crippen LogP contribution < -0.4 is 14.2 Å². The fourth-order valence-corrected chi connectivity index (χ4v) is 3.79. The predicted octanol–water partition coefficient (Wildman–Crippen LogP) is 4.44. The third kappa shape index (κ3) is 6.22. The van der Waals surface area contributed by atoms with Gasteiger partial charge in [-0.2, -0.15) is 5.10 Å². The summed E-state index contributed by atoms with van der Waals surface area (Å²) in [4.78, 5) is 16.3. The molecule has 38 heavy (non-hydrogen) atoms. The highest BCUT2D eigenvalue weighted by Gasteiger charge is 2.35. The van der Waals surface area contributed by atoms with Crippen LogP contribution >= 0.6 is 0 Å². The van der Waals surface area contributed by atoms with E-state index in [4.69, 9.17) is 14.2 Å². The van der Waals surface area contributed by atoms with Gasteiger partial charge in [-0.05, 0) is 54.1 Å². The van der Waals surface area contributed by atoms with Gasteiger partial charge in [0.15, 0.2) is 17.3 Å². The van der Waals surface area contributed by atoms with Gasteiger partial charge in [0.1, 0.15) is 42.2 Å². The SMILES string of the molecule is COc1ccc(C(=O)C=Cc2ccc(OCC(O)(Cn3cncn3)c3ccc(F)cc3F)c(OC)c2)cc1. The zero-order valence-electron chi connectivity index (χ0n) is 20.7. The molecule has 1 N–H and O–H groups in total. The van der Waals surface area contributed by atoms with Crippen LogP contribution in [0.4, 0.5) is 8.78 Å². The van der Waals surface area contributed by atoms with Crippen LogP contribution in [-0.2, 0) is 12.1 Å². The van der Waals surface area contributed by atoms with Crippen LogP contribution in [0.2, 0.25) is 0 Å². The van der Waals surface area contributed by atoms with Gasteiger partial charge in [-0.3, -0.25) is 4.79 Å². The third-order valence-electron chi connectivity index (χ3n) is 5.78. The van der Waals surface area contributed by atoms with E-state index in [2.05, 4.69) is 10.1 Å². The first kappa shape index (κ1) is 26.5. The summed E-state index contributed by atoms with van der Waals surface area (Å²) in [6.45, 7) is -0.608. The lowest BCUT2D eigenvalue weighted by Gasteiger charge is -2.29. The lowest BCUT2D eigenvalue weighted by atomic mass is 9.94. The molecule has 1 heterocycles. The van der Waals surface area contributed by atoms with Gasteiger partial charge < -0.3 is 19.3 Å². The molecule has 0 amide bonds. The normalized spacial score (nSPS) is 12.8. The van der Waals surface area contributed by atoms with Crippen LogP contribution in [0.3, 0.4) is 0 Å². The van der Waals surface area contributed by atoms with Crippen molar-refractivity contribution in [2.45, 2.75) is 12.1 Å². The second-order valence-electron chi connectivity index (χ2n) is 8.37. The lowest BCUT2D eigenvalue weighted by molar-refractivity contribution is -0.0302. The van der Waals surface area contributed by atoms with Gasteiger partial charge in [0, 0.05) is 17.2 Å². The number of allylic oxidation sites excluding steroid dienone is 1. The van der Waals surface area contributed by atoms with Gasteiger partial charge in [0.2, 0.25) is 0 Å². The van der Waals surface area contributed by atoms with E-state index in [0.717, 1.165) is 12.1 Å². The Labute approximate surface area is 217 Å². The van der Waals surface area contributed by atoms with Crippen molar-refractivity contribution in [3.05, 3.63) is 108 Å². The second-order valence-corrected chi connectivity index (χ2v) is 8.37. The van der Waals surface area contributed by atoms with Crippen molar-refractivity contribution in [2.75, 3.05) is 20.8 Å². The number of ketones is 1. The van der Waals surface area contributed by atoms with Crippen LogP contribution in [0.25, 0.3) is 6.08 Å². The molecule has 196 valence electrons. The first-order valence-electron chi connectivity index (χ1n) is 11.5. The number of rotatable bonds is 11. The van der Waals surface area contributed by atoms with Crippen molar-refractivity contribution >= 4 is 11.9 Å². The molecule has 0 bridgehead atoms. The highest BCUT2D eigenvalue weighted by molar-refractivity contribution is 6.06. The molecule has 0 saturated heterocycles. The topological polar surface area (TPSA) is 95.7 Å². The van der Waals surface area contributed by atoms with E-state index in [1.165, 1.54) is 30.5 Å². The van der Waals surface area contributed by atoms with Crippen LogP contribution in [0.1, 0.15) is 21.5 Å². The Morgan fingerprint density at radius 2 is 1.82 bits per heavy atom. The summed E-state index contributed by atoms with van der Waals surface area (Å²) in [6, 6.07) is 14.6. The molecule has 0 aliphatic carbocycles. The molecular formula is C28H25F2N3O5. The number of hydrogen-bond donors (Lipinski definition) is 1. The molecule has 0 saturated carbocycles. The molecule has 4 aromatic rings. The van der Waals surface area contributed by atoms with Gasteiger partial charge in [0.05, 0.1) is 20.8 Å². The number of benzene rings is 3. The van der Waals surface area contributed by atoms with Crippen molar-refractivity contribution in [1.82, 2.24) is 14.8 Å². The first-order chi connectivity index (χ1) is 18.3. The monoisotopic (exact) mass is 521 g/mol. The average molecular weight is 522 g/mol. The Balaban J connectivity index is 1.52. The summed E-state index contributed by atoms with van der Waals surface area (Å²) in [5, 5.41) is 15.4. The smallest absolute Gasteiger partial charge is 0.185 e. The number of methoxy groups -OCH3 is 2. The van der Waals surface area contributed by atoms with Crippen molar-refractivity contribution in [2.24, 2.45) is 0 Å². The number of hydrogen-bond acceptors (Lipinski definition) is 7. The van der Waals surface area contributed by atoms with Crippen LogP contribution in [0.5, 0.6) is 17.2 Å². The van der Waals surface area contributed by atoms with Gasteiger partial charge in [-0.1, -0.05) is 18.2 Å². The first-order valence-corrected chi connectivity index (χ1v) is 11.5. The zero-order chi connectivity index (χ0) is 27.1. The minimum absolute atomic E-state index is 0.162. The largest absolute Gasteiger partial charge is 0.497 e. The van der Waals surface area contributed by atoms with E-state index in [0.29, 0.717) is 28.7 Å². The maximum Gasteiger partial charge on any atom is 0.185 e. The maximum atomic E-state index is 14.6. The molecule has 1 unspecified atom stereocenters. The van der Waals surface area contributed by atoms with Crippen LogP contribution in [0, 0.1) is 11.6 Å². The number of carbonyl (C=O) groups excluding carboxylic acids is 1. The molecule has 10 heteroatoms. The summed E-state index contributed by atoms with van der Waals surface area (Å²) in [5.74, 6) is -0.638. The van der Waals surface area contributed by atoms with Crippen LogP contribution in [0.15, 0.2) is 79.4 Å². The molecule has 0 radical (unpaired) electrons. The van der Waals surface area contributed by atoms with E-state index < -0.39 is 23.8 Å². The highest BCUT2D eigenvalue weighted by atomic mass is 19.1. The Kier molecular flexibility index (Phi) is 8.12. The molecule has 1 aromatic heterocycles. The summed E-state index contributed by atoms with van der Waals surface area (Å²) < 4.78 is 45.9. The molecule has 0 fully saturated rings. The van der Waals surface area contributed by atoms with Crippen molar-refractivity contribution in [3.8, 4) is 17.2 Å². The fourth-order valence-electron chi connectivity index (χ4n) is 3.79. The van der Waals surface area contributed by atoms with E-state index in [1.807, 2.05) is 0 Å². The van der Waals surface area contributed by atoms with Crippen molar-refractivity contribution in [1.29, 1.82) is 0 Å². The summed E-state index contributed by atoms with van der Waals surface area (Å²) in [5.41, 5.74) is -0.906. The quantitative estimate of drug-likeness (QED) is 0.230. The lowest BCUT2D eigenvalue weighted by Crippen LogP contribution is -2.39. The van der Waals surface area contributed by atoms with Gasteiger partial charge in [-0.15, -0.1) is 0 Å². The Bertz CT molecular complexity index is 1430. The number of nitrogens with zero attached hydrogens (tertiary/aromatic N) is 3. The Morgan fingerprint density at radius 3 is 2.47 bits per heavy atom. The van der Waals surface area contributed by atoms with Gasteiger partial charge >= 0.3 is 0 Å². The second kappa shape index (κ2) is 11.7. The fraction of sp³-hybridized carbons (Fsp3) is 0.179. The van der Waals surface area contributed by atoms with E-state index >= 15 is 0 Å². The highest BCUT2D eigenvalue weighted by Crippen LogP contribution is 2.32. The molecule has 0 spiro atoms. The summed E-state index contributed by atoms with van der Waals surface area (Å²) in [6.07, 6.45) is 5.71. The van der Waals surface area contributed by atoms with Gasteiger partial charge in [-0.25, -0.2) is 18.4 Å². The van der Waals surface area contributed by atoms with E-state index in [9.17, 15) is 18.7 Å². The molecule has 3 aromatic carbocycles. The number of ether oxygens (including phenoxy) is 3. The molecular weight excluding hydrogens is 496 g/mol. The number of halogens is 2. The Morgan fingerprint density at radius 1 is 1.03 bits per heavy atom. The van der Waals surface area contributed by atoms with E-state index in [-0.39, 0.29) is 23.6 Å².